The van der Waals surface area contributed by atoms with Crippen LogP contribution in [-0.2, 0) is 0 Å². The van der Waals surface area contributed by atoms with Gasteiger partial charge >= 0.3 is 0 Å². The van der Waals surface area contributed by atoms with Crippen molar-refractivity contribution in [2.45, 2.75) is 43.7 Å². The summed E-state index contributed by atoms with van der Waals surface area (Å²) >= 11 is 3.89. The molecule has 0 spiro atoms. The van der Waals surface area contributed by atoms with Crippen molar-refractivity contribution < 1.29 is 4.52 Å². The van der Waals surface area contributed by atoms with E-state index < -0.39 is 0 Å². The number of nitrogens with zero attached hydrogens (tertiary/aromatic N) is 2. The lowest BCUT2D eigenvalue weighted by Gasteiger charge is -2.24. The molecule has 1 aliphatic rings. The topological polar surface area (TPSA) is 64.9 Å². The summed E-state index contributed by atoms with van der Waals surface area (Å²) in [6.07, 6.45) is 1.02. The highest BCUT2D eigenvalue weighted by atomic mass is 32.2. The molecule has 4 atom stereocenters. The summed E-state index contributed by atoms with van der Waals surface area (Å²) in [7, 11) is 0. The molecule has 6 heteroatoms. The van der Waals surface area contributed by atoms with Crippen LogP contribution in [0.2, 0.25) is 0 Å². The molecule has 4 nitrogen and oxygen atoms in total. The first-order valence-electron chi connectivity index (χ1n) is 6.45. The van der Waals surface area contributed by atoms with E-state index in [4.69, 9.17) is 10.3 Å². The Morgan fingerprint density at radius 3 is 2.83 bits per heavy atom. The Morgan fingerprint density at radius 2 is 2.17 bits per heavy atom. The van der Waals surface area contributed by atoms with Crippen molar-refractivity contribution in [3.05, 3.63) is 11.7 Å². The van der Waals surface area contributed by atoms with Crippen LogP contribution in [0.1, 0.15) is 50.2 Å². The highest BCUT2D eigenvalue weighted by Crippen LogP contribution is 2.41. The quantitative estimate of drug-likeness (QED) is 0.918. The van der Waals surface area contributed by atoms with Gasteiger partial charge in [-0.05, 0) is 5.92 Å². The van der Waals surface area contributed by atoms with Gasteiger partial charge < -0.3 is 10.3 Å². The predicted octanol–water partition coefficient (Wildman–Crippen LogP) is 3.03. The molecule has 0 bridgehead atoms. The lowest BCUT2D eigenvalue weighted by molar-refractivity contribution is 0.310. The molecule has 4 unspecified atom stereocenters. The van der Waals surface area contributed by atoms with Crippen LogP contribution < -0.4 is 5.73 Å². The van der Waals surface area contributed by atoms with E-state index in [0.717, 1.165) is 18.0 Å². The van der Waals surface area contributed by atoms with E-state index in [9.17, 15) is 0 Å². The highest BCUT2D eigenvalue weighted by molar-refractivity contribution is 8.06. The van der Waals surface area contributed by atoms with Gasteiger partial charge in [-0.3, -0.25) is 0 Å². The largest absolute Gasteiger partial charge is 0.338 e. The minimum Gasteiger partial charge on any atom is -0.338 e. The molecule has 2 heterocycles. The van der Waals surface area contributed by atoms with Crippen LogP contribution in [0.5, 0.6) is 0 Å². The molecule has 0 saturated carbocycles. The second-order valence-electron chi connectivity index (χ2n) is 4.77. The number of rotatable bonds is 4. The standard InChI is InChI=1S/C12H21N3OS2/c1-4-7(2)9(13)12-14-11(15-16-12)10-8(3)17-5-6-18-10/h7-10H,4-6,13H2,1-3H3. The molecule has 0 aliphatic carbocycles. The SMILES string of the molecule is CCC(C)C(N)c1nc(C2SCCSC2C)no1. The van der Waals surface area contributed by atoms with Gasteiger partial charge in [0.1, 0.15) is 0 Å². The number of hydrogen-bond acceptors (Lipinski definition) is 6. The second kappa shape index (κ2) is 6.30. The number of hydrogen-bond donors (Lipinski definition) is 1. The molecule has 0 aromatic carbocycles. The van der Waals surface area contributed by atoms with E-state index in [2.05, 4.69) is 30.9 Å². The minimum atomic E-state index is -0.146. The summed E-state index contributed by atoms with van der Waals surface area (Å²) in [4.78, 5) is 4.52. The van der Waals surface area contributed by atoms with E-state index in [-0.39, 0.29) is 6.04 Å². The van der Waals surface area contributed by atoms with Crippen LogP contribution in [0, 0.1) is 5.92 Å². The fourth-order valence-corrected chi connectivity index (χ4v) is 4.59. The number of nitrogens with two attached hydrogens (primary N) is 1. The van der Waals surface area contributed by atoms with Crippen molar-refractivity contribution in [2.24, 2.45) is 11.7 Å². The first-order chi connectivity index (χ1) is 8.63. The maximum Gasteiger partial charge on any atom is 0.243 e. The summed E-state index contributed by atoms with van der Waals surface area (Å²) in [5.41, 5.74) is 6.12. The lowest BCUT2D eigenvalue weighted by Crippen LogP contribution is -2.20. The van der Waals surface area contributed by atoms with E-state index in [1.807, 2.05) is 23.5 Å². The average molecular weight is 287 g/mol. The molecule has 1 aliphatic heterocycles. The van der Waals surface area contributed by atoms with E-state index in [1.54, 1.807) is 0 Å². The molecular weight excluding hydrogens is 266 g/mol. The molecule has 1 aromatic heterocycles. The first-order valence-corrected chi connectivity index (χ1v) is 8.55. The average Bonchev–Trinajstić information content (AvgIpc) is 2.87. The summed E-state index contributed by atoms with van der Waals surface area (Å²) in [5.74, 6) is 4.13. The van der Waals surface area contributed by atoms with Gasteiger partial charge in [0.05, 0.1) is 11.3 Å². The van der Waals surface area contributed by atoms with Crippen molar-refractivity contribution in [2.75, 3.05) is 11.5 Å². The molecule has 0 amide bonds. The third-order valence-electron chi connectivity index (χ3n) is 3.44. The van der Waals surface area contributed by atoms with Crippen LogP contribution in [-0.4, -0.2) is 26.9 Å². The molecule has 1 aromatic rings. The van der Waals surface area contributed by atoms with Gasteiger partial charge in [-0.15, -0.1) is 11.8 Å². The maximum atomic E-state index is 6.12. The van der Waals surface area contributed by atoms with Crippen LogP contribution in [0.25, 0.3) is 0 Å². The highest BCUT2D eigenvalue weighted by Gasteiger charge is 2.29. The van der Waals surface area contributed by atoms with Crippen molar-refractivity contribution in [3.8, 4) is 0 Å². The summed E-state index contributed by atoms with van der Waals surface area (Å²) < 4.78 is 5.34. The monoisotopic (exact) mass is 287 g/mol. The van der Waals surface area contributed by atoms with Crippen LogP contribution >= 0.6 is 23.5 Å². The Balaban J connectivity index is 2.09. The zero-order valence-electron chi connectivity index (χ0n) is 11.1. The maximum absolute atomic E-state index is 6.12. The molecule has 0 radical (unpaired) electrons. The van der Waals surface area contributed by atoms with Crippen molar-refractivity contribution in [3.63, 3.8) is 0 Å². The molecule has 1 saturated heterocycles. The Labute approximate surface area is 117 Å². The minimum absolute atomic E-state index is 0.146. The number of thioether (sulfide) groups is 2. The van der Waals surface area contributed by atoms with Crippen LogP contribution in [0.3, 0.4) is 0 Å². The van der Waals surface area contributed by atoms with Gasteiger partial charge in [0.2, 0.25) is 5.89 Å². The Kier molecular flexibility index (Phi) is 4.98. The summed E-state index contributed by atoms with van der Waals surface area (Å²) in [6.45, 7) is 6.46. The smallest absolute Gasteiger partial charge is 0.243 e. The normalized spacial score (nSPS) is 28.0. The van der Waals surface area contributed by atoms with Gasteiger partial charge in [-0.1, -0.05) is 32.3 Å². The van der Waals surface area contributed by atoms with Crippen molar-refractivity contribution >= 4 is 23.5 Å². The Hall–Kier alpha value is -0.200. The Bertz CT molecular complexity index is 385. The lowest BCUT2D eigenvalue weighted by atomic mass is 10.0. The van der Waals surface area contributed by atoms with E-state index >= 15 is 0 Å². The van der Waals surface area contributed by atoms with Crippen molar-refractivity contribution in [1.29, 1.82) is 0 Å². The van der Waals surface area contributed by atoms with Gasteiger partial charge in [0.25, 0.3) is 0 Å². The second-order valence-corrected chi connectivity index (χ2v) is 7.50. The summed E-state index contributed by atoms with van der Waals surface area (Å²) in [6, 6.07) is -0.146. The Morgan fingerprint density at radius 1 is 1.44 bits per heavy atom. The predicted molar refractivity (Wildman–Crippen MR) is 77.8 cm³/mol. The fourth-order valence-electron chi connectivity index (χ4n) is 1.91. The zero-order valence-corrected chi connectivity index (χ0v) is 12.8. The summed E-state index contributed by atoms with van der Waals surface area (Å²) in [5, 5.41) is 5.00. The van der Waals surface area contributed by atoms with Crippen LogP contribution in [0.4, 0.5) is 0 Å². The van der Waals surface area contributed by atoms with Gasteiger partial charge in [0.15, 0.2) is 5.82 Å². The number of aromatic nitrogens is 2. The molecule has 2 rings (SSSR count). The van der Waals surface area contributed by atoms with Gasteiger partial charge in [0, 0.05) is 16.8 Å². The first kappa shape index (κ1) is 14.2. The van der Waals surface area contributed by atoms with Gasteiger partial charge in [-0.25, -0.2) is 0 Å². The molecule has 102 valence electrons. The van der Waals surface area contributed by atoms with Crippen LogP contribution in [0.15, 0.2) is 4.52 Å². The zero-order chi connectivity index (χ0) is 13.1. The van der Waals surface area contributed by atoms with Gasteiger partial charge in [-0.2, -0.15) is 16.7 Å². The third kappa shape index (κ3) is 3.03. The molecule has 1 fully saturated rings. The van der Waals surface area contributed by atoms with E-state index in [1.165, 1.54) is 5.75 Å². The molecule has 18 heavy (non-hydrogen) atoms. The molecule has 2 N–H and O–H groups in total. The fraction of sp³-hybridized carbons (Fsp3) is 0.833. The van der Waals surface area contributed by atoms with E-state index in [0.29, 0.717) is 22.3 Å². The van der Waals surface area contributed by atoms with Crippen molar-refractivity contribution in [1.82, 2.24) is 10.1 Å². The molecular formula is C12H21N3OS2. The third-order valence-corrected chi connectivity index (χ3v) is 6.53.